The predicted molar refractivity (Wildman–Crippen MR) is 107 cm³/mol. The van der Waals surface area contributed by atoms with E-state index in [9.17, 15) is 9.59 Å². The number of carbonyl (C=O) groups excluding carboxylic acids is 2. The minimum absolute atomic E-state index is 0.139. The lowest BCUT2D eigenvalue weighted by Crippen LogP contribution is -2.14. The molecule has 0 spiro atoms. The van der Waals surface area contributed by atoms with Crippen LogP contribution >= 0.6 is 0 Å². The fraction of sp³-hybridized carbons (Fsp3) is 0.0952. The van der Waals surface area contributed by atoms with E-state index in [0.717, 1.165) is 0 Å². The SMILES string of the molecule is CCOC(=O)c1ccccc1Nc1cc(C(=O)Nc2ccc(C#N)cc2)ncn1. The molecule has 0 saturated carbocycles. The molecular weight excluding hydrogens is 370 g/mol. The second-order valence-corrected chi connectivity index (χ2v) is 5.82. The van der Waals surface area contributed by atoms with Crippen molar-refractivity contribution in [1.29, 1.82) is 5.26 Å². The van der Waals surface area contributed by atoms with E-state index in [2.05, 4.69) is 20.6 Å². The van der Waals surface area contributed by atoms with Crippen LogP contribution < -0.4 is 10.6 Å². The zero-order valence-electron chi connectivity index (χ0n) is 15.5. The van der Waals surface area contributed by atoms with Crippen LogP contribution in [0.15, 0.2) is 60.9 Å². The maximum absolute atomic E-state index is 12.5. The molecule has 0 aliphatic rings. The summed E-state index contributed by atoms with van der Waals surface area (Å²) >= 11 is 0. The van der Waals surface area contributed by atoms with E-state index in [1.807, 2.05) is 6.07 Å². The molecule has 0 atom stereocenters. The quantitative estimate of drug-likeness (QED) is 0.621. The number of hydrogen-bond donors (Lipinski definition) is 2. The number of carbonyl (C=O) groups is 2. The predicted octanol–water partition coefficient (Wildman–Crippen LogP) is 3.52. The molecule has 0 radical (unpaired) electrons. The van der Waals surface area contributed by atoms with E-state index in [-0.39, 0.29) is 12.3 Å². The van der Waals surface area contributed by atoms with Crippen LogP contribution in [0.3, 0.4) is 0 Å². The zero-order valence-corrected chi connectivity index (χ0v) is 15.5. The monoisotopic (exact) mass is 387 g/mol. The number of rotatable bonds is 6. The highest BCUT2D eigenvalue weighted by atomic mass is 16.5. The molecule has 144 valence electrons. The van der Waals surface area contributed by atoms with Gasteiger partial charge in [-0.3, -0.25) is 4.79 Å². The second kappa shape index (κ2) is 9.10. The van der Waals surface area contributed by atoms with E-state index < -0.39 is 11.9 Å². The van der Waals surface area contributed by atoms with Gasteiger partial charge in [0.15, 0.2) is 0 Å². The van der Waals surface area contributed by atoms with Crippen molar-refractivity contribution in [3.63, 3.8) is 0 Å². The van der Waals surface area contributed by atoms with Gasteiger partial charge in [0.1, 0.15) is 17.8 Å². The van der Waals surface area contributed by atoms with Gasteiger partial charge in [0, 0.05) is 11.8 Å². The van der Waals surface area contributed by atoms with Gasteiger partial charge in [-0.05, 0) is 43.3 Å². The molecule has 0 fully saturated rings. The molecule has 1 heterocycles. The summed E-state index contributed by atoms with van der Waals surface area (Å²) in [4.78, 5) is 32.7. The van der Waals surface area contributed by atoms with Crippen LogP contribution in [0.1, 0.15) is 33.3 Å². The molecule has 2 aromatic carbocycles. The van der Waals surface area contributed by atoms with Gasteiger partial charge in [0.05, 0.1) is 29.5 Å². The van der Waals surface area contributed by atoms with Gasteiger partial charge in [-0.2, -0.15) is 5.26 Å². The first-order valence-corrected chi connectivity index (χ1v) is 8.77. The van der Waals surface area contributed by atoms with E-state index in [0.29, 0.717) is 28.3 Å². The first-order valence-electron chi connectivity index (χ1n) is 8.77. The summed E-state index contributed by atoms with van der Waals surface area (Å²) in [6.45, 7) is 2.00. The lowest BCUT2D eigenvalue weighted by Gasteiger charge is -2.11. The molecule has 2 N–H and O–H groups in total. The summed E-state index contributed by atoms with van der Waals surface area (Å²) in [5.41, 5.74) is 2.03. The fourth-order valence-electron chi connectivity index (χ4n) is 2.49. The van der Waals surface area contributed by atoms with Crippen molar-refractivity contribution in [2.75, 3.05) is 17.2 Å². The van der Waals surface area contributed by atoms with E-state index in [1.54, 1.807) is 55.5 Å². The Labute approximate surface area is 167 Å². The standard InChI is InChI=1S/C21H17N5O3/c1-2-29-21(28)16-5-3-4-6-17(16)26-19-11-18(23-13-24-19)20(27)25-15-9-7-14(12-22)8-10-15/h3-11,13H,2H2,1H3,(H,25,27)(H,23,24,26). The minimum atomic E-state index is -0.455. The highest BCUT2D eigenvalue weighted by Gasteiger charge is 2.14. The van der Waals surface area contributed by atoms with Gasteiger partial charge < -0.3 is 15.4 Å². The number of hydrogen-bond acceptors (Lipinski definition) is 7. The number of benzene rings is 2. The number of nitriles is 1. The molecule has 1 amide bonds. The van der Waals surface area contributed by atoms with Gasteiger partial charge in [-0.25, -0.2) is 14.8 Å². The van der Waals surface area contributed by atoms with Gasteiger partial charge in [0.2, 0.25) is 0 Å². The molecule has 0 unspecified atom stereocenters. The molecule has 3 rings (SSSR count). The number of anilines is 3. The van der Waals surface area contributed by atoms with E-state index >= 15 is 0 Å². The topological polar surface area (TPSA) is 117 Å². The van der Waals surface area contributed by atoms with Crippen LogP contribution in [0.4, 0.5) is 17.2 Å². The van der Waals surface area contributed by atoms with Gasteiger partial charge in [-0.1, -0.05) is 12.1 Å². The van der Waals surface area contributed by atoms with Crippen LogP contribution in [0.5, 0.6) is 0 Å². The number of amides is 1. The van der Waals surface area contributed by atoms with Crippen LogP contribution in [-0.2, 0) is 4.74 Å². The summed E-state index contributed by atoms with van der Waals surface area (Å²) in [5, 5.41) is 14.6. The van der Waals surface area contributed by atoms with E-state index in [1.165, 1.54) is 12.4 Å². The largest absolute Gasteiger partial charge is 0.462 e. The molecule has 0 bridgehead atoms. The van der Waals surface area contributed by atoms with Gasteiger partial charge >= 0.3 is 5.97 Å². The maximum atomic E-state index is 12.5. The van der Waals surface area contributed by atoms with Crippen LogP contribution in [-0.4, -0.2) is 28.5 Å². The molecule has 8 nitrogen and oxygen atoms in total. The van der Waals surface area contributed by atoms with Crippen molar-refractivity contribution in [2.45, 2.75) is 6.92 Å². The summed E-state index contributed by atoms with van der Waals surface area (Å²) in [5.74, 6) is -0.538. The number of nitrogens with one attached hydrogen (secondary N) is 2. The fourth-order valence-corrected chi connectivity index (χ4v) is 2.49. The molecule has 29 heavy (non-hydrogen) atoms. The van der Waals surface area contributed by atoms with Crippen molar-refractivity contribution in [3.8, 4) is 6.07 Å². The molecule has 8 heteroatoms. The Morgan fingerprint density at radius 2 is 1.86 bits per heavy atom. The molecule has 1 aromatic heterocycles. The third kappa shape index (κ3) is 4.93. The first kappa shape index (κ1) is 19.5. The average Bonchev–Trinajstić information content (AvgIpc) is 2.75. The van der Waals surface area contributed by atoms with Crippen molar-refractivity contribution in [1.82, 2.24) is 9.97 Å². The van der Waals surface area contributed by atoms with Crippen LogP contribution in [0, 0.1) is 11.3 Å². The molecule has 3 aromatic rings. The van der Waals surface area contributed by atoms with Crippen molar-refractivity contribution >= 4 is 29.1 Å². The highest BCUT2D eigenvalue weighted by molar-refractivity contribution is 6.03. The minimum Gasteiger partial charge on any atom is -0.462 e. The molecule has 0 saturated heterocycles. The van der Waals surface area contributed by atoms with Gasteiger partial charge in [0.25, 0.3) is 5.91 Å². The third-order valence-electron chi connectivity index (χ3n) is 3.86. The Balaban J connectivity index is 1.77. The zero-order chi connectivity index (χ0) is 20.6. The number of esters is 1. The first-order chi connectivity index (χ1) is 14.1. The molecule has 0 aliphatic heterocycles. The normalized spacial score (nSPS) is 9.93. The van der Waals surface area contributed by atoms with E-state index in [4.69, 9.17) is 10.00 Å². The Morgan fingerprint density at radius 3 is 2.59 bits per heavy atom. The smallest absolute Gasteiger partial charge is 0.340 e. The molecule has 0 aliphatic carbocycles. The summed E-state index contributed by atoms with van der Waals surface area (Å²) in [6, 6.07) is 16.8. The van der Waals surface area contributed by atoms with Crippen LogP contribution in [0.25, 0.3) is 0 Å². The van der Waals surface area contributed by atoms with Crippen molar-refractivity contribution in [3.05, 3.63) is 77.7 Å². The number of ether oxygens (including phenoxy) is 1. The summed E-state index contributed by atoms with van der Waals surface area (Å²) in [7, 11) is 0. The van der Waals surface area contributed by atoms with Gasteiger partial charge in [-0.15, -0.1) is 0 Å². The third-order valence-corrected chi connectivity index (χ3v) is 3.86. The Kier molecular flexibility index (Phi) is 6.12. The maximum Gasteiger partial charge on any atom is 0.340 e. The lowest BCUT2D eigenvalue weighted by molar-refractivity contribution is 0.0527. The van der Waals surface area contributed by atoms with Crippen molar-refractivity contribution < 1.29 is 14.3 Å². The van der Waals surface area contributed by atoms with Crippen LogP contribution in [0.2, 0.25) is 0 Å². The number of aromatic nitrogens is 2. The lowest BCUT2D eigenvalue weighted by atomic mass is 10.2. The Hall–Kier alpha value is -4.25. The summed E-state index contributed by atoms with van der Waals surface area (Å²) < 4.78 is 5.06. The van der Waals surface area contributed by atoms with Crippen molar-refractivity contribution in [2.24, 2.45) is 0 Å². The number of nitrogens with zero attached hydrogens (tertiary/aromatic N) is 3. The molecular formula is C21H17N5O3. The average molecular weight is 387 g/mol. The second-order valence-electron chi connectivity index (χ2n) is 5.82. The Morgan fingerprint density at radius 1 is 1.10 bits per heavy atom. The summed E-state index contributed by atoms with van der Waals surface area (Å²) in [6.07, 6.45) is 1.25. The number of para-hydroxylation sites is 1. The Bertz CT molecular complexity index is 1070. The highest BCUT2D eigenvalue weighted by Crippen LogP contribution is 2.21.